The highest BCUT2D eigenvalue weighted by molar-refractivity contribution is 5.76. The normalized spacial score (nSPS) is 13.2. The van der Waals surface area contributed by atoms with Crippen molar-refractivity contribution in [2.24, 2.45) is 11.7 Å². The van der Waals surface area contributed by atoms with Crippen molar-refractivity contribution in [1.29, 1.82) is 0 Å². The standard InChI is InChI=1S/C13H18FN3/c1-3-17-12-5-4-10(14)7-11(12)16-13(17)6-9(2)8-15/h4-5,7,9H,3,6,8,15H2,1-2H3. The quantitative estimate of drug-likeness (QED) is 0.884. The summed E-state index contributed by atoms with van der Waals surface area (Å²) in [6.45, 7) is 5.65. The van der Waals surface area contributed by atoms with Gasteiger partial charge in [0.05, 0.1) is 11.0 Å². The summed E-state index contributed by atoms with van der Waals surface area (Å²) in [5, 5.41) is 0. The molecule has 92 valence electrons. The van der Waals surface area contributed by atoms with Crippen LogP contribution in [0.1, 0.15) is 19.7 Å². The third-order valence-corrected chi connectivity index (χ3v) is 3.04. The number of hydrogen-bond acceptors (Lipinski definition) is 2. The van der Waals surface area contributed by atoms with Gasteiger partial charge in [0.1, 0.15) is 11.6 Å². The van der Waals surface area contributed by atoms with Gasteiger partial charge in [0.15, 0.2) is 0 Å². The van der Waals surface area contributed by atoms with Crippen LogP contribution >= 0.6 is 0 Å². The minimum Gasteiger partial charge on any atom is -0.330 e. The summed E-state index contributed by atoms with van der Waals surface area (Å²) in [7, 11) is 0. The first-order chi connectivity index (χ1) is 8.15. The van der Waals surface area contributed by atoms with Gasteiger partial charge in [-0.2, -0.15) is 0 Å². The van der Waals surface area contributed by atoms with E-state index < -0.39 is 0 Å². The Bertz CT molecular complexity index is 519. The number of hydrogen-bond donors (Lipinski definition) is 1. The van der Waals surface area contributed by atoms with Gasteiger partial charge in [-0.1, -0.05) is 6.92 Å². The van der Waals surface area contributed by atoms with Crippen LogP contribution in [-0.2, 0) is 13.0 Å². The topological polar surface area (TPSA) is 43.8 Å². The zero-order chi connectivity index (χ0) is 12.4. The number of fused-ring (bicyclic) bond motifs is 1. The van der Waals surface area contributed by atoms with Gasteiger partial charge < -0.3 is 10.3 Å². The summed E-state index contributed by atoms with van der Waals surface area (Å²) in [6, 6.07) is 4.75. The van der Waals surface area contributed by atoms with Crippen molar-refractivity contribution in [3.8, 4) is 0 Å². The van der Waals surface area contributed by atoms with Crippen molar-refractivity contribution in [2.45, 2.75) is 26.8 Å². The molecule has 0 radical (unpaired) electrons. The van der Waals surface area contributed by atoms with E-state index in [0.29, 0.717) is 12.5 Å². The molecule has 2 N–H and O–H groups in total. The Morgan fingerprint density at radius 3 is 2.88 bits per heavy atom. The highest BCUT2D eigenvalue weighted by atomic mass is 19.1. The maximum Gasteiger partial charge on any atom is 0.125 e. The Hall–Kier alpha value is -1.42. The molecule has 1 unspecified atom stereocenters. The summed E-state index contributed by atoms with van der Waals surface area (Å²) >= 11 is 0. The summed E-state index contributed by atoms with van der Waals surface area (Å²) in [4.78, 5) is 4.50. The number of imidazole rings is 1. The van der Waals surface area contributed by atoms with E-state index in [9.17, 15) is 4.39 Å². The molecule has 2 rings (SSSR count). The molecule has 0 amide bonds. The van der Waals surface area contributed by atoms with E-state index in [0.717, 1.165) is 29.8 Å². The number of benzene rings is 1. The lowest BCUT2D eigenvalue weighted by atomic mass is 10.1. The maximum absolute atomic E-state index is 13.1. The van der Waals surface area contributed by atoms with Crippen molar-refractivity contribution < 1.29 is 4.39 Å². The zero-order valence-electron chi connectivity index (χ0n) is 10.3. The molecule has 1 atom stereocenters. The molecule has 2 aromatic rings. The lowest BCUT2D eigenvalue weighted by molar-refractivity contribution is 0.553. The Kier molecular flexibility index (Phi) is 3.43. The van der Waals surface area contributed by atoms with Gasteiger partial charge in [-0.05, 0) is 31.5 Å². The van der Waals surface area contributed by atoms with Crippen molar-refractivity contribution in [3.05, 3.63) is 29.8 Å². The summed E-state index contributed by atoms with van der Waals surface area (Å²) in [6.07, 6.45) is 0.834. The van der Waals surface area contributed by atoms with Gasteiger partial charge in [0, 0.05) is 19.0 Å². The Labute approximate surface area is 100 Å². The lowest BCUT2D eigenvalue weighted by Gasteiger charge is -2.09. The molecule has 0 saturated carbocycles. The second-order valence-corrected chi connectivity index (χ2v) is 4.45. The molecule has 0 aliphatic rings. The predicted molar refractivity (Wildman–Crippen MR) is 67.3 cm³/mol. The molecule has 0 spiro atoms. The molecule has 1 aromatic carbocycles. The van der Waals surface area contributed by atoms with Gasteiger partial charge in [-0.25, -0.2) is 9.37 Å². The predicted octanol–water partition coefficient (Wildman–Crippen LogP) is 2.33. The van der Waals surface area contributed by atoms with Crippen LogP contribution in [0.4, 0.5) is 4.39 Å². The highest BCUT2D eigenvalue weighted by Gasteiger charge is 2.12. The number of nitrogens with zero attached hydrogens (tertiary/aromatic N) is 2. The van der Waals surface area contributed by atoms with Gasteiger partial charge in [0.2, 0.25) is 0 Å². The molecular formula is C13H18FN3. The molecule has 1 aromatic heterocycles. The van der Waals surface area contributed by atoms with Crippen LogP contribution in [0.15, 0.2) is 18.2 Å². The van der Waals surface area contributed by atoms with Gasteiger partial charge in [-0.15, -0.1) is 0 Å². The van der Waals surface area contributed by atoms with E-state index in [2.05, 4.69) is 23.4 Å². The fraction of sp³-hybridized carbons (Fsp3) is 0.462. The first-order valence-corrected chi connectivity index (χ1v) is 6.00. The molecule has 0 fully saturated rings. The van der Waals surface area contributed by atoms with Crippen LogP contribution in [0, 0.1) is 11.7 Å². The number of rotatable bonds is 4. The maximum atomic E-state index is 13.1. The van der Waals surface area contributed by atoms with E-state index in [1.165, 1.54) is 12.1 Å². The number of nitrogens with two attached hydrogens (primary N) is 1. The van der Waals surface area contributed by atoms with Crippen molar-refractivity contribution in [2.75, 3.05) is 6.54 Å². The molecule has 1 heterocycles. The monoisotopic (exact) mass is 235 g/mol. The van der Waals surface area contributed by atoms with E-state index in [-0.39, 0.29) is 5.82 Å². The largest absolute Gasteiger partial charge is 0.330 e. The summed E-state index contributed by atoms with van der Waals surface area (Å²) < 4.78 is 15.3. The van der Waals surface area contributed by atoms with Crippen molar-refractivity contribution >= 4 is 11.0 Å². The van der Waals surface area contributed by atoms with Crippen molar-refractivity contribution in [1.82, 2.24) is 9.55 Å². The summed E-state index contributed by atoms with van der Waals surface area (Å²) in [5.74, 6) is 1.14. The Balaban J connectivity index is 2.48. The minimum absolute atomic E-state index is 0.239. The van der Waals surface area contributed by atoms with Crippen LogP contribution < -0.4 is 5.73 Å². The smallest absolute Gasteiger partial charge is 0.125 e. The van der Waals surface area contributed by atoms with E-state index in [1.807, 2.05) is 0 Å². The van der Waals surface area contributed by atoms with E-state index in [1.54, 1.807) is 6.07 Å². The molecule has 3 nitrogen and oxygen atoms in total. The van der Waals surface area contributed by atoms with Crippen LogP contribution in [0.5, 0.6) is 0 Å². The fourth-order valence-corrected chi connectivity index (χ4v) is 2.06. The molecular weight excluding hydrogens is 217 g/mol. The second kappa shape index (κ2) is 4.84. The Morgan fingerprint density at radius 1 is 1.47 bits per heavy atom. The SMILES string of the molecule is CCn1c(CC(C)CN)nc2cc(F)ccc21. The molecule has 0 aliphatic heterocycles. The number of halogens is 1. The number of aromatic nitrogens is 2. The average Bonchev–Trinajstić information content (AvgIpc) is 2.64. The minimum atomic E-state index is -0.239. The van der Waals surface area contributed by atoms with Crippen LogP contribution in [0.3, 0.4) is 0 Å². The first-order valence-electron chi connectivity index (χ1n) is 6.00. The zero-order valence-corrected chi connectivity index (χ0v) is 10.3. The lowest BCUT2D eigenvalue weighted by Crippen LogP contribution is -2.15. The molecule has 0 saturated heterocycles. The third kappa shape index (κ3) is 2.31. The highest BCUT2D eigenvalue weighted by Crippen LogP contribution is 2.19. The molecule has 4 heteroatoms. The third-order valence-electron chi connectivity index (χ3n) is 3.04. The molecule has 0 aliphatic carbocycles. The second-order valence-electron chi connectivity index (χ2n) is 4.45. The fourth-order valence-electron chi connectivity index (χ4n) is 2.06. The van der Waals surface area contributed by atoms with Crippen LogP contribution in [0.25, 0.3) is 11.0 Å². The van der Waals surface area contributed by atoms with Crippen LogP contribution in [0.2, 0.25) is 0 Å². The van der Waals surface area contributed by atoms with Gasteiger partial charge >= 0.3 is 0 Å². The first kappa shape index (κ1) is 12.0. The molecule has 0 bridgehead atoms. The van der Waals surface area contributed by atoms with Gasteiger partial charge in [-0.3, -0.25) is 0 Å². The summed E-state index contributed by atoms with van der Waals surface area (Å²) in [5.41, 5.74) is 7.35. The molecule has 17 heavy (non-hydrogen) atoms. The Morgan fingerprint density at radius 2 is 2.24 bits per heavy atom. The van der Waals surface area contributed by atoms with Gasteiger partial charge in [0.25, 0.3) is 0 Å². The number of aryl methyl sites for hydroxylation is 1. The van der Waals surface area contributed by atoms with E-state index >= 15 is 0 Å². The average molecular weight is 235 g/mol. The van der Waals surface area contributed by atoms with E-state index in [4.69, 9.17) is 5.73 Å². The van der Waals surface area contributed by atoms with Crippen molar-refractivity contribution in [3.63, 3.8) is 0 Å². The van der Waals surface area contributed by atoms with Crippen LogP contribution in [-0.4, -0.2) is 16.1 Å².